The standard InChI is InChI=1S/C33H37ClN4O5/c1-4-5-13-28-36-31(34)25(18-19-29(39)42-2)38(28)32(35)24-16-14-23(15-17-24)30(40)27(21-22-10-7-6-8-11-22)37-20-9-12-26(37)33(41)43-3/h6-12,14-17,20,27,32H,4-5,13,18-19,21,35H2,1-3H3. The summed E-state index contributed by atoms with van der Waals surface area (Å²) in [6, 6.07) is 19.5. The van der Waals surface area contributed by atoms with E-state index in [1.807, 2.05) is 47.0 Å². The van der Waals surface area contributed by atoms with Gasteiger partial charge in [0, 0.05) is 31.0 Å². The molecule has 0 spiro atoms. The van der Waals surface area contributed by atoms with Crippen molar-refractivity contribution in [3.05, 3.63) is 112 Å². The fourth-order valence-electron chi connectivity index (χ4n) is 5.16. The van der Waals surface area contributed by atoms with Gasteiger partial charge in [-0.25, -0.2) is 9.78 Å². The van der Waals surface area contributed by atoms with Gasteiger partial charge in [-0.15, -0.1) is 0 Å². The fraction of sp³-hybridized carbons (Fsp3) is 0.333. The lowest BCUT2D eigenvalue weighted by molar-refractivity contribution is -0.140. The lowest BCUT2D eigenvalue weighted by atomic mass is 9.96. The van der Waals surface area contributed by atoms with Crippen molar-refractivity contribution in [2.24, 2.45) is 5.73 Å². The lowest BCUT2D eigenvalue weighted by Crippen LogP contribution is -2.26. The van der Waals surface area contributed by atoms with E-state index in [2.05, 4.69) is 11.9 Å². The maximum absolute atomic E-state index is 14.0. The molecule has 2 unspecified atom stereocenters. The SMILES string of the molecule is CCCCc1nc(Cl)c(CCC(=O)OC)n1C(N)c1ccc(C(=O)C(Cc2ccccc2)n2cccc2C(=O)OC)cc1. The minimum atomic E-state index is -0.677. The van der Waals surface area contributed by atoms with Gasteiger partial charge in [0.15, 0.2) is 10.9 Å². The lowest BCUT2D eigenvalue weighted by Gasteiger charge is -2.22. The number of esters is 2. The highest BCUT2D eigenvalue weighted by Gasteiger charge is 2.27. The molecule has 2 aromatic heterocycles. The third-order valence-electron chi connectivity index (χ3n) is 7.48. The van der Waals surface area contributed by atoms with Gasteiger partial charge in [0.05, 0.1) is 26.3 Å². The van der Waals surface area contributed by atoms with Crippen molar-refractivity contribution < 1.29 is 23.9 Å². The van der Waals surface area contributed by atoms with Crippen molar-refractivity contribution in [3.8, 4) is 0 Å². The zero-order valence-corrected chi connectivity index (χ0v) is 25.4. The molecule has 0 bridgehead atoms. The predicted octanol–water partition coefficient (Wildman–Crippen LogP) is 5.75. The molecular formula is C33H37ClN4O5. The van der Waals surface area contributed by atoms with Crippen LogP contribution in [0.4, 0.5) is 0 Å². The number of hydrogen-bond donors (Lipinski definition) is 1. The number of hydrogen-bond acceptors (Lipinski definition) is 7. The Labute approximate surface area is 256 Å². The van der Waals surface area contributed by atoms with Crippen LogP contribution in [0, 0.1) is 0 Å². The Kier molecular flexibility index (Phi) is 10.9. The first-order chi connectivity index (χ1) is 20.8. The molecule has 0 aliphatic rings. The number of imidazole rings is 1. The maximum Gasteiger partial charge on any atom is 0.354 e. The van der Waals surface area contributed by atoms with Gasteiger partial charge in [-0.2, -0.15) is 0 Å². The first kappa shape index (κ1) is 31.7. The fourth-order valence-corrected chi connectivity index (χ4v) is 5.44. The molecule has 4 rings (SSSR count). The van der Waals surface area contributed by atoms with Gasteiger partial charge in [-0.1, -0.05) is 79.5 Å². The van der Waals surface area contributed by atoms with E-state index in [1.165, 1.54) is 14.2 Å². The third kappa shape index (κ3) is 7.42. The van der Waals surface area contributed by atoms with Gasteiger partial charge in [0.1, 0.15) is 23.7 Å². The molecule has 0 aliphatic heterocycles. The molecule has 2 heterocycles. The van der Waals surface area contributed by atoms with Crippen LogP contribution in [0.25, 0.3) is 0 Å². The molecule has 10 heteroatoms. The molecule has 4 aromatic rings. The Morgan fingerprint density at radius 3 is 2.33 bits per heavy atom. The highest BCUT2D eigenvalue weighted by molar-refractivity contribution is 6.30. The predicted molar refractivity (Wildman–Crippen MR) is 164 cm³/mol. The van der Waals surface area contributed by atoms with Crippen LogP contribution in [0.5, 0.6) is 0 Å². The summed E-state index contributed by atoms with van der Waals surface area (Å²) in [5, 5.41) is 0.314. The molecule has 2 N–H and O–H groups in total. The van der Waals surface area contributed by atoms with E-state index in [1.54, 1.807) is 35.0 Å². The summed E-state index contributed by atoms with van der Waals surface area (Å²) in [6.45, 7) is 2.09. The number of aromatic nitrogens is 3. The van der Waals surface area contributed by atoms with Crippen LogP contribution in [0.15, 0.2) is 72.9 Å². The summed E-state index contributed by atoms with van der Waals surface area (Å²) in [5.74, 6) is -0.278. The quantitative estimate of drug-likeness (QED) is 0.144. The third-order valence-corrected chi connectivity index (χ3v) is 7.78. The van der Waals surface area contributed by atoms with E-state index in [9.17, 15) is 14.4 Å². The van der Waals surface area contributed by atoms with E-state index < -0.39 is 18.2 Å². The normalized spacial score (nSPS) is 12.5. The number of halogens is 1. The molecule has 43 heavy (non-hydrogen) atoms. The summed E-state index contributed by atoms with van der Waals surface area (Å²) in [4.78, 5) is 42.9. The summed E-state index contributed by atoms with van der Waals surface area (Å²) in [7, 11) is 2.66. The molecular weight excluding hydrogens is 568 g/mol. The summed E-state index contributed by atoms with van der Waals surface area (Å²) < 4.78 is 13.3. The van der Waals surface area contributed by atoms with Crippen LogP contribution in [0.2, 0.25) is 5.15 Å². The molecule has 0 saturated carbocycles. The van der Waals surface area contributed by atoms with Crippen molar-refractivity contribution in [1.82, 2.24) is 14.1 Å². The monoisotopic (exact) mass is 604 g/mol. The number of nitrogens with zero attached hydrogens (tertiary/aromatic N) is 3. The Morgan fingerprint density at radius 2 is 1.67 bits per heavy atom. The average Bonchev–Trinajstić information content (AvgIpc) is 3.65. The van der Waals surface area contributed by atoms with Gasteiger partial charge in [0.2, 0.25) is 0 Å². The minimum absolute atomic E-state index is 0.144. The van der Waals surface area contributed by atoms with E-state index in [0.29, 0.717) is 41.4 Å². The van der Waals surface area contributed by atoms with E-state index >= 15 is 0 Å². The van der Waals surface area contributed by atoms with Crippen LogP contribution in [0.3, 0.4) is 0 Å². The second-order valence-corrected chi connectivity index (χ2v) is 10.6. The van der Waals surface area contributed by atoms with Gasteiger partial charge in [-0.3, -0.25) is 9.59 Å². The zero-order chi connectivity index (χ0) is 30.9. The highest BCUT2D eigenvalue weighted by atomic mass is 35.5. The first-order valence-corrected chi connectivity index (χ1v) is 14.7. The van der Waals surface area contributed by atoms with Crippen LogP contribution in [0.1, 0.15) is 81.9 Å². The van der Waals surface area contributed by atoms with Crippen molar-refractivity contribution in [2.45, 2.75) is 57.7 Å². The number of carbonyl (C=O) groups excluding carboxylic acids is 3. The number of ether oxygens (including phenoxy) is 2. The van der Waals surface area contributed by atoms with Crippen molar-refractivity contribution in [2.75, 3.05) is 14.2 Å². The Balaban J connectivity index is 1.66. The van der Waals surface area contributed by atoms with Crippen LogP contribution in [-0.2, 0) is 33.5 Å². The number of ketones is 1. The van der Waals surface area contributed by atoms with Gasteiger partial charge in [-0.05, 0) is 29.7 Å². The molecule has 0 amide bonds. The number of benzene rings is 2. The number of Topliss-reactive ketones (excluding diaryl/α,β-unsaturated/α-hetero) is 1. The summed E-state index contributed by atoms with van der Waals surface area (Å²) in [6.07, 6.45) is 4.49. The smallest absolute Gasteiger partial charge is 0.354 e. The summed E-state index contributed by atoms with van der Waals surface area (Å²) in [5.41, 5.74) is 9.93. The number of rotatable bonds is 14. The van der Waals surface area contributed by atoms with Gasteiger partial charge < -0.3 is 24.3 Å². The maximum atomic E-state index is 14.0. The minimum Gasteiger partial charge on any atom is -0.469 e. The zero-order valence-electron chi connectivity index (χ0n) is 24.7. The highest BCUT2D eigenvalue weighted by Crippen LogP contribution is 2.28. The molecule has 9 nitrogen and oxygen atoms in total. The second kappa shape index (κ2) is 14.8. The molecule has 2 aromatic carbocycles. The van der Waals surface area contributed by atoms with E-state index in [0.717, 1.165) is 29.8 Å². The number of unbranched alkanes of at least 4 members (excludes halogenated alkanes) is 1. The largest absolute Gasteiger partial charge is 0.469 e. The van der Waals surface area contributed by atoms with Gasteiger partial charge in [0.25, 0.3) is 0 Å². The second-order valence-electron chi connectivity index (χ2n) is 10.2. The molecule has 0 aliphatic carbocycles. The van der Waals surface area contributed by atoms with Crippen molar-refractivity contribution >= 4 is 29.3 Å². The molecule has 0 radical (unpaired) electrons. The topological polar surface area (TPSA) is 118 Å². The Hall–Kier alpha value is -4.21. The number of nitrogens with two attached hydrogens (primary N) is 1. The Morgan fingerprint density at radius 1 is 0.953 bits per heavy atom. The molecule has 0 saturated heterocycles. The number of aryl methyl sites for hydroxylation is 1. The number of carbonyl (C=O) groups is 3. The average molecular weight is 605 g/mol. The number of methoxy groups -OCH3 is 2. The van der Waals surface area contributed by atoms with E-state index in [-0.39, 0.29) is 18.2 Å². The molecule has 226 valence electrons. The van der Waals surface area contributed by atoms with Crippen molar-refractivity contribution in [3.63, 3.8) is 0 Å². The van der Waals surface area contributed by atoms with Gasteiger partial charge >= 0.3 is 11.9 Å². The van der Waals surface area contributed by atoms with Crippen LogP contribution in [-0.4, -0.2) is 46.1 Å². The van der Waals surface area contributed by atoms with Crippen LogP contribution >= 0.6 is 11.6 Å². The Bertz CT molecular complexity index is 1550. The van der Waals surface area contributed by atoms with Crippen LogP contribution < -0.4 is 5.73 Å². The van der Waals surface area contributed by atoms with E-state index in [4.69, 9.17) is 26.8 Å². The summed E-state index contributed by atoms with van der Waals surface area (Å²) >= 11 is 6.53. The molecule has 2 atom stereocenters. The van der Waals surface area contributed by atoms with Crippen molar-refractivity contribution in [1.29, 1.82) is 0 Å². The first-order valence-electron chi connectivity index (χ1n) is 14.3. The molecule has 0 fully saturated rings.